The predicted molar refractivity (Wildman–Crippen MR) is 157 cm³/mol. The third-order valence-electron chi connectivity index (χ3n) is 6.49. The Labute approximate surface area is 243 Å². The third kappa shape index (κ3) is 6.74. The van der Waals surface area contributed by atoms with E-state index in [4.69, 9.17) is 19.6 Å². The molecule has 0 bridgehead atoms. The number of hydrogen-bond acceptors (Lipinski definition) is 7. The lowest BCUT2D eigenvalue weighted by atomic mass is 9.85. The van der Waals surface area contributed by atoms with Crippen molar-refractivity contribution in [3.8, 4) is 5.75 Å². The highest BCUT2D eigenvalue weighted by molar-refractivity contribution is 9.10. The first-order valence-electron chi connectivity index (χ1n) is 13.1. The normalized spacial score (nSPS) is 18.7. The van der Waals surface area contributed by atoms with Gasteiger partial charge in [0, 0.05) is 41.1 Å². The van der Waals surface area contributed by atoms with Crippen molar-refractivity contribution in [3.05, 3.63) is 94.5 Å². The second-order valence-corrected chi connectivity index (χ2v) is 12.8. The van der Waals surface area contributed by atoms with Crippen LogP contribution in [0.3, 0.4) is 0 Å². The zero-order valence-electron chi connectivity index (χ0n) is 22.4. The molecular formula is C30H33BrN2O6S. The number of ether oxygens (including phenoxy) is 2. The number of rotatable bonds is 12. The van der Waals surface area contributed by atoms with Crippen LogP contribution in [0.2, 0.25) is 0 Å². The predicted octanol–water partition coefficient (Wildman–Crippen LogP) is 4.86. The minimum Gasteiger partial charge on any atom is -0.494 e. The van der Waals surface area contributed by atoms with Gasteiger partial charge in [-0.15, -0.1) is 0 Å². The van der Waals surface area contributed by atoms with Crippen LogP contribution in [0.15, 0.2) is 93.2 Å². The van der Waals surface area contributed by atoms with Crippen molar-refractivity contribution in [1.29, 1.82) is 0 Å². The van der Waals surface area contributed by atoms with E-state index in [2.05, 4.69) is 21.2 Å². The first kappa shape index (κ1) is 29.8. The van der Waals surface area contributed by atoms with E-state index in [9.17, 15) is 13.2 Å². The fourth-order valence-electron chi connectivity index (χ4n) is 4.46. The van der Waals surface area contributed by atoms with Gasteiger partial charge in [0.2, 0.25) is 5.90 Å². The van der Waals surface area contributed by atoms with Gasteiger partial charge in [-0.25, -0.2) is 13.4 Å². The van der Waals surface area contributed by atoms with Gasteiger partial charge in [0.15, 0.2) is 21.5 Å². The average Bonchev–Trinajstić information content (AvgIpc) is 3.34. The average molecular weight is 630 g/mol. The number of amides is 1. The van der Waals surface area contributed by atoms with Crippen molar-refractivity contribution in [3.63, 3.8) is 0 Å². The van der Waals surface area contributed by atoms with Crippen molar-refractivity contribution < 1.29 is 27.8 Å². The molecule has 3 aromatic carbocycles. The molecular weight excluding hydrogens is 596 g/mol. The number of carbonyl (C=O) groups is 1. The minimum atomic E-state index is -3.71. The van der Waals surface area contributed by atoms with Crippen molar-refractivity contribution in [1.82, 2.24) is 5.32 Å². The number of hydrogen-bond donors (Lipinski definition) is 2. The van der Waals surface area contributed by atoms with E-state index < -0.39 is 27.4 Å². The number of carbonyl (C=O) groups excluding carboxylic acids is 1. The number of aliphatic hydroxyl groups is 1. The lowest BCUT2D eigenvalue weighted by Gasteiger charge is -2.31. The fourth-order valence-corrected chi connectivity index (χ4v) is 6.34. The molecule has 4 rings (SSSR count). The third-order valence-corrected chi connectivity index (χ3v) is 8.95. The van der Waals surface area contributed by atoms with Crippen molar-refractivity contribution >= 4 is 37.6 Å². The van der Waals surface area contributed by atoms with E-state index in [-0.39, 0.29) is 35.6 Å². The number of nitrogens with one attached hydrogen (secondary N) is 1. The maximum absolute atomic E-state index is 14.0. The smallest absolute Gasteiger partial charge is 0.252 e. The Bertz CT molecular complexity index is 1440. The second kappa shape index (κ2) is 13.0. The first-order valence-corrected chi connectivity index (χ1v) is 15.5. The quantitative estimate of drug-likeness (QED) is 0.277. The summed E-state index contributed by atoms with van der Waals surface area (Å²) < 4.78 is 39.4. The zero-order chi connectivity index (χ0) is 28.8. The number of benzene rings is 3. The minimum absolute atomic E-state index is 0.0413. The SMILES string of the molecule is CC(C)NC(=O)[C@]1(CCS(=O)(=O)c2ccccc2)N=C(c2ccc(OCCCO)cc2)O[C@@H]1c1ccccc1Br. The van der Waals surface area contributed by atoms with Gasteiger partial charge in [0.05, 0.1) is 17.3 Å². The summed E-state index contributed by atoms with van der Waals surface area (Å²) in [6.07, 6.45) is -0.464. The second-order valence-electron chi connectivity index (χ2n) is 9.82. The molecule has 1 heterocycles. The molecule has 8 nitrogen and oxygen atoms in total. The maximum Gasteiger partial charge on any atom is 0.252 e. The Morgan fingerprint density at radius 3 is 2.40 bits per heavy atom. The Kier molecular flexibility index (Phi) is 9.65. The molecule has 10 heteroatoms. The molecule has 0 radical (unpaired) electrons. The van der Waals surface area contributed by atoms with Gasteiger partial charge in [0.25, 0.3) is 5.91 Å². The molecule has 212 valence electrons. The van der Waals surface area contributed by atoms with Crippen molar-refractivity contribution in [2.45, 2.75) is 49.3 Å². The Morgan fingerprint density at radius 2 is 1.75 bits per heavy atom. The van der Waals surface area contributed by atoms with E-state index >= 15 is 0 Å². The maximum atomic E-state index is 14.0. The highest BCUT2D eigenvalue weighted by Gasteiger charge is 2.54. The van der Waals surface area contributed by atoms with E-state index in [1.165, 1.54) is 0 Å². The van der Waals surface area contributed by atoms with E-state index in [1.54, 1.807) is 54.6 Å². The molecule has 0 fully saturated rings. The van der Waals surface area contributed by atoms with Crippen LogP contribution in [0.1, 0.15) is 43.9 Å². The Morgan fingerprint density at radius 1 is 1.07 bits per heavy atom. The summed E-state index contributed by atoms with van der Waals surface area (Å²) in [4.78, 5) is 19.0. The molecule has 0 spiro atoms. The largest absolute Gasteiger partial charge is 0.494 e. The summed E-state index contributed by atoms with van der Waals surface area (Å²) >= 11 is 3.59. The van der Waals surface area contributed by atoms with Crippen LogP contribution in [-0.4, -0.2) is 55.9 Å². The highest BCUT2D eigenvalue weighted by Crippen LogP contribution is 2.45. The van der Waals surface area contributed by atoms with Gasteiger partial charge in [-0.3, -0.25) is 4.79 Å². The Balaban J connectivity index is 1.77. The fraction of sp³-hybridized carbons (Fsp3) is 0.333. The van der Waals surface area contributed by atoms with Gasteiger partial charge >= 0.3 is 0 Å². The highest BCUT2D eigenvalue weighted by atomic mass is 79.9. The monoisotopic (exact) mass is 628 g/mol. The van der Waals surface area contributed by atoms with Crippen LogP contribution in [0.5, 0.6) is 5.75 Å². The molecule has 3 aromatic rings. The van der Waals surface area contributed by atoms with E-state index in [0.717, 1.165) is 4.47 Å². The zero-order valence-corrected chi connectivity index (χ0v) is 24.8. The van der Waals surface area contributed by atoms with Crippen LogP contribution < -0.4 is 10.1 Å². The lowest BCUT2D eigenvalue weighted by molar-refractivity contribution is -0.129. The number of halogens is 1. The van der Waals surface area contributed by atoms with Crippen LogP contribution in [0, 0.1) is 0 Å². The van der Waals surface area contributed by atoms with Gasteiger partial charge in [-0.05, 0) is 56.3 Å². The summed E-state index contributed by atoms with van der Waals surface area (Å²) in [6.45, 7) is 4.11. The summed E-state index contributed by atoms with van der Waals surface area (Å²) in [7, 11) is -3.71. The number of aliphatic imine (C=N–C) groups is 1. The van der Waals surface area contributed by atoms with Crippen LogP contribution in [0.25, 0.3) is 0 Å². The number of nitrogens with zero attached hydrogens (tertiary/aromatic N) is 1. The number of aliphatic hydroxyl groups excluding tert-OH is 1. The lowest BCUT2D eigenvalue weighted by Crippen LogP contribution is -2.51. The first-order chi connectivity index (χ1) is 19.2. The molecule has 0 saturated heterocycles. The van der Waals surface area contributed by atoms with Crippen LogP contribution in [0.4, 0.5) is 0 Å². The van der Waals surface area contributed by atoms with E-state index in [0.29, 0.717) is 29.9 Å². The van der Waals surface area contributed by atoms with Crippen LogP contribution in [-0.2, 0) is 19.4 Å². The molecule has 1 aliphatic rings. The Hall–Kier alpha value is -3.21. The van der Waals surface area contributed by atoms with Gasteiger partial charge in [-0.2, -0.15) is 0 Å². The molecule has 0 unspecified atom stereocenters. The summed E-state index contributed by atoms with van der Waals surface area (Å²) in [5.74, 6) is 0.140. The molecule has 0 saturated carbocycles. The molecule has 0 aromatic heterocycles. The van der Waals surface area contributed by atoms with Crippen LogP contribution >= 0.6 is 15.9 Å². The van der Waals surface area contributed by atoms with Gasteiger partial charge in [0.1, 0.15) is 5.75 Å². The molecule has 1 amide bonds. The van der Waals surface area contributed by atoms with E-state index in [1.807, 2.05) is 38.1 Å². The van der Waals surface area contributed by atoms with Gasteiger partial charge in [-0.1, -0.05) is 52.3 Å². The number of sulfone groups is 1. The topological polar surface area (TPSA) is 114 Å². The molecule has 40 heavy (non-hydrogen) atoms. The summed E-state index contributed by atoms with van der Waals surface area (Å²) in [5, 5.41) is 11.9. The molecule has 2 atom stereocenters. The molecule has 2 N–H and O–H groups in total. The van der Waals surface area contributed by atoms with Crippen molar-refractivity contribution in [2.24, 2.45) is 4.99 Å². The standard InChI is InChI=1S/C30H33BrN2O6S/c1-21(2)32-29(35)30(17-20-40(36,37)24-9-4-3-5-10-24)27(25-11-6-7-12-26(25)31)39-28(33-30)22-13-15-23(16-14-22)38-19-8-18-34/h3-7,9-16,21,27,34H,8,17-20H2,1-2H3,(H,32,35)/t27-,30-/m1/s1. The molecule has 1 aliphatic heterocycles. The summed E-state index contributed by atoms with van der Waals surface area (Å²) in [6, 6.07) is 22.5. The van der Waals surface area contributed by atoms with Gasteiger partial charge < -0.3 is 19.9 Å². The van der Waals surface area contributed by atoms with Crippen molar-refractivity contribution in [2.75, 3.05) is 19.0 Å². The molecule has 0 aliphatic carbocycles. The summed E-state index contributed by atoms with van der Waals surface area (Å²) in [5.41, 5.74) is -0.250.